The van der Waals surface area contributed by atoms with E-state index in [1.54, 1.807) is 6.08 Å². The van der Waals surface area contributed by atoms with Gasteiger partial charge in [-0.05, 0) is 26.7 Å². The number of ether oxygens (including phenoxy) is 1. The summed E-state index contributed by atoms with van der Waals surface area (Å²) >= 11 is 0. The van der Waals surface area contributed by atoms with E-state index in [1.807, 2.05) is 13.8 Å². The summed E-state index contributed by atoms with van der Waals surface area (Å²) in [7, 11) is 0. The average molecular weight is 198 g/mol. The van der Waals surface area contributed by atoms with Crippen LogP contribution in [0.25, 0.3) is 0 Å². The Kier molecular flexibility index (Phi) is 8.30. The van der Waals surface area contributed by atoms with Crippen LogP contribution < -0.4 is 0 Å². The first kappa shape index (κ1) is 13.2. The van der Waals surface area contributed by atoms with Crippen LogP contribution in [0.2, 0.25) is 0 Å². The van der Waals surface area contributed by atoms with Crippen molar-refractivity contribution < 1.29 is 9.53 Å². The van der Waals surface area contributed by atoms with Crippen molar-refractivity contribution in [2.75, 3.05) is 0 Å². The highest BCUT2D eigenvalue weighted by Gasteiger charge is 2.05. The first-order valence-electron chi connectivity index (χ1n) is 5.54. The van der Waals surface area contributed by atoms with E-state index in [2.05, 4.69) is 6.92 Å². The first-order valence-corrected chi connectivity index (χ1v) is 5.54. The minimum absolute atomic E-state index is 0.0514. The molecule has 0 aromatic heterocycles. The van der Waals surface area contributed by atoms with Gasteiger partial charge in [0.05, 0.1) is 6.10 Å². The number of hydrogen-bond acceptors (Lipinski definition) is 2. The Labute approximate surface area is 87.3 Å². The second-order valence-corrected chi connectivity index (χ2v) is 3.60. The number of carbonyl (C=O) groups excluding carboxylic acids is 1. The van der Waals surface area contributed by atoms with Gasteiger partial charge in [0.1, 0.15) is 0 Å². The monoisotopic (exact) mass is 198 g/mol. The Hall–Kier alpha value is -0.790. The summed E-state index contributed by atoms with van der Waals surface area (Å²) < 4.78 is 5.15. The SMILES string of the molecule is C/C=C/C(=O)O[C@@H](C)CCCCCC. The van der Waals surface area contributed by atoms with Crippen LogP contribution in [0.5, 0.6) is 0 Å². The fourth-order valence-corrected chi connectivity index (χ4v) is 1.29. The zero-order chi connectivity index (χ0) is 10.8. The minimum atomic E-state index is -0.226. The van der Waals surface area contributed by atoms with Gasteiger partial charge in [-0.1, -0.05) is 32.3 Å². The molecule has 0 bridgehead atoms. The average Bonchev–Trinajstić information content (AvgIpc) is 2.13. The van der Waals surface area contributed by atoms with Gasteiger partial charge in [-0.2, -0.15) is 0 Å². The maximum atomic E-state index is 11.0. The first-order chi connectivity index (χ1) is 6.70. The third-order valence-corrected chi connectivity index (χ3v) is 2.08. The molecule has 0 radical (unpaired) electrons. The Morgan fingerprint density at radius 1 is 1.36 bits per heavy atom. The maximum absolute atomic E-state index is 11.0. The zero-order valence-corrected chi connectivity index (χ0v) is 9.58. The lowest BCUT2D eigenvalue weighted by atomic mass is 10.1. The fraction of sp³-hybridized carbons (Fsp3) is 0.750. The van der Waals surface area contributed by atoms with Crippen LogP contribution in [0.1, 0.15) is 52.9 Å². The van der Waals surface area contributed by atoms with Crippen molar-refractivity contribution in [2.45, 2.75) is 59.0 Å². The second-order valence-electron chi connectivity index (χ2n) is 3.60. The number of unbranched alkanes of at least 4 members (excludes halogenated alkanes) is 3. The molecule has 2 heteroatoms. The molecule has 0 spiro atoms. The predicted octanol–water partition coefficient (Wildman–Crippen LogP) is 3.46. The summed E-state index contributed by atoms with van der Waals surface area (Å²) in [5, 5.41) is 0. The van der Waals surface area contributed by atoms with E-state index in [4.69, 9.17) is 4.74 Å². The maximum Gasteiger partial charge on any atom is 0.330 e. The Balaban J connectivity index is 3.44. The molecular formula is C12H22O2. The summed E-state index contributed by atoms with van der Waals surface area (Å²) in [5.41, 5.74) is 0. The van der Waals surface area contributed by atoms with Crippen molar-refractivity contribution in [2.24, 2.45) is 0 Å². The van der Waals surface area contributed by atoms with E-state index in [-0.39, 0.29) is 12.1 Å². The van der Waals surface area contributed by atoms with Crippen LogP contribution >= 0.6 is 0 Å². The molecule has 0 rings (SSSR count). The molecule has 0 unspecified atom stereocenters. The number of esters is 1. The van der Waals surface area contributed by atoms with E-state index >= 15 is 0 Å². The van der Waals surface area contributed by atoms with Crippen LogP contribution in [0.4, 0.5) is 0 Å². The summed E-state index contributed by atoms with van der Waals surface area (Å²) in [6, 6.07) is 0. The highest BCUT2D eigenvalue weighted by atomic mass is 16.5. The molecule has 0 aromatic carbocycles. The van der Waals surface area contributed by atoms with Gasteiger partial charge in [-0.25, -0.2) is 4.79 Å². The largest absolute Gasteiger partial charge is 0.460 e. The van der Waals surface area contributed by atoms with Gasteiger partial charge < -0.3 is 4.74 Å². The molecule has 0 aliphatic rings. The van der Waals surface area contributed by atoms with E-state index in [0.29, 0.717) is 0 Å². The van der Waals surface area contributed by atoms with Gasteiger partial charge in [-0.15, -0.1) is 0 Å². The minimum Gasteiger partial charge on any atom is -0.460 e. The molecule has 1 atom stereocenters. The third-order valence-electron chi connectivity index (χ3n) is 2.08. The molecule has 0 aromatic rings. The fourth-order valence-electron chi connectivity index (χ4n) is 1.29. The standard InChI is InChI=1S/C12H22O2/c1-4-6-7-8-10-11(3)14-12(13)9-5-2/h5,9,11H,4,6-8,10H2,1-3H3/b9-5+/t11-/m0/s1. The van der Waals surface area contributed by atoms with Gasteiger partial charge in [0.15, 0.2) is 0 Å². The molecule has 0 aliphatic heterocycles. The second kappa shape index (κ2) is 8.79. The number of allylic oxidation sites excluding steroid dienone is 1. The summed E-state index contributed by atoms with van der Waals surface area (Å²) in [6.07, 6.45) is 9.09. The predicted molar refractivity (Wildman–Crippen MR) is 59.1 cm³/mol. The Morgan fingerprint density at radius 2 is 2.07 bits per heavy atom. The summed E-state index contributed by atoms with van der Waals surface area (Å²) in [6.45, 7) is 5.95. The third kappa shape index (κ3) is 7.84. The van der Waals surface area contributed by atoms with E-state index in [0.717, 1.165) is 12.8 Å². The molecule has 2 nitrogen and oxygen atoms in total. The highest BCUT2D eigenvalue weighted by molar-refractivity contribution is 5.81. The lowest BCUT2D eigenvalue weighted by Gasteiger charge is -2.11. The molecule has 0 N–H and O–H groups in total. The van der Waals surface area contributed by atoms with Crippen molar-refractivity contribution in [3.05, 3.63) is 12.2 Å². The Morgan fingerprint density at radius 3 is 2.64 bits per heavy atom. The lowest BCUT2D eigenvalue weighted by Crippen LogP contribution is -2.12. The van der Waals surface area contributed by atoms with Crippen molar-refractivity contribution in [1.29, 1.82) is 0 Å². The smallest absolute Gasteiger partial charge is 0.330 e. The van der Waals surface area contributed by atoms with Crippen molar-refractivity contribution in [1.82, 2.24) is 0 Å². The van der Waals surface area contributed by atoms with Gasteiger partial charge in [-0.3, -0.25) is 0 Å². The highest BCUT2D eigenvalue weighted by Crippen LogP contribution is 2.08. The van der Waals surface area contributed by atoms with Crippen LogP contribution in [-0.2, 0) is 9.53 Å². The molecule has 82 valence electrons. The van der Waals surface area contributed by atoms with Gasteiger partial charge in [0.25, 0.3) is 0 Å². The van der Waals surface area contributed by atoms with Gasteiger partial charge in [0, 0.05) is 6.08 Å². The topological polar surface area (TPSA) is 26.3 Å². The summed E-state index contributed by atoms with van der Waals surface area (Å²) in [4.78, 5) is 11.0. The molecule has 14 heavy (non-hydrogen) atoms. The Bertz CT molecular complexity index is 173. The molecular weight excluding hydrogens is 176 g/mol. The zero-order valence-electron chi connectivity index (χ0n) is 9.58. The van der Waals surface area contributed by atoms with Crippen LogP contribution in [0.15, 0.2) is 12.2 Å². The van der Waals surface area contributed by atoms with Gasteiger partial charge in [0.2, 0.25) is 0 Å². The van der Waals surface area contributed by atoms with E-state index < -0.39 is 0 Å². The van der Waals surface area contributed by atoms with Crippen molar-refractivity contribution >= 4 is 5.97 Å². The number of hydrogen-bond donors (Lipinski definition) is 0. The normalized spacial score (nSPS) is 13.1. The molecule has 0 fully saturated rings. The molecule has 0 saturated carbocycles. The molecule has 0 aliphatic carbocycles. The van der Waals surface area contributed by atoms with Crippen molar-refractivity contribution in [3.8, 4) is 0 Å². The quantitative estimate of drug-likeness (QED) is 0.356. The van der Waals surface area contributed by atoms with Crippen LogP contribution in [-0.4, -0.2) is 12.1 Å². The number of rotatable bonds is 7. The van der Waals surface area contributed by atoms with E-state index in [9.17, 15) is 4.79 Å². The van der Waals surface area contributed by atoms with Gasteiger partial charge >= 0.3 is 5.97 Å². The van der Waals surface area contributed by atoms with E-state index in [1.165, 1.54) is 25.3 Å². The molecule has 0 amide bonds. The lowest BCUT2D eigenvalue weighted by molar-refractivity contribution is -0.142. The van der Waals surface area contributed by atoms with Crippen molar-refractivity contribution in [3.63, 3.8) is 0 Å². The molecule has 0 heterocycles. The number of carbonyl (C=O) groups is 1. The molecule has 0 saturated heterocycles. The van der Waals surface area contributed by atoms with Crippen LogP contribution in [0, 0.1) is 0 Å². The summed E-state index contributed by atoms with van der Waals surface area (Å²) in [5.74, 6) is -0.226. The van der Waals surface area contributed by atoms with Crippen LogP contribution in [0.3, 0.4) is 0 Å².